The maximum absolute atomic E-state index is 13.9. The summed E-state index contributed by atoms with van der Waals surface area (Å²) in [4.78, 5) is 55.7. The highest BCUT2D eigenvalue weighted by atomic mass is 32.1. The Morgan fingerprint density at radius 1 is 0.949 bits per heavy atom. The zero-order valence-corrected chi connectivity index (χ0v) is 21.6. The largest absolute Gasteiger partial charge is 0.497 e. The van der Waals surface area contributed by atoms with E-state index in [1.54, 1.807) is 61.0 Å². The highest BCUT2D eigenvalue weighted by Gasteiger charge is 2.40. The molecule has 4 amide bonds. The first kappa shape index (κ1) is 25.7. The van der Waals surface area contributed by atoms with E-state index in [1.165, 1.54) is 4.90 Å². The van der Waals surface area contributed by atoms with Crippen LogP contribution >= 0.6 is 11.5 Å². The fourth-order valence-electron chi connectivity index (χ4n) is 4.32. The van der Waals surface area contributed by atoms with Crippen molar-refractivity contribution < 1.29 is 23.9 Å². The summed E-state index contributed by atoms with van der Waals surface area (Å²) in [5.74, 6) is -1.62. The number of nitrogens with one attached hydrogen (secondary N) is 1. The molecular formula is C28H23N5O5S. The minimum atomic E-state index is -1.19. The lowest BCUT2D eigenvalue weighted by Crippen LogP contribution is -2.47. The molecule has 1 unspecified atom stereocenters. The molecule has 39 heavy (non-hydrogen) atoms. The Hall–Kier alpha value is -4.90. The molecule has 0 saturated heterocycles. The van der Waals surface area contributed by atoms with Crippen LogP contribution in [0.4, 0.5) is 5.69 Å². The van der Waals surface area contributed by atoms with Crippen molar-refractivity contribution in [3.05, 3.63) is 107 Å². The SMILES string of the molecule is COc1ccc(NC(=O)C(c2csnn2)N(Cc2ccccc2)C(=O)CN2C(=O)c3ccccc3C2=O)cc1. The number of ether oxygens (including phenoxy) is 1. The van der Waals surface area contributed by atoms with Crippen LogP contribution in [0.5, 0.6) is 5.75 Å². The van der Waals surface area contributed by atoms with Crippen LogP contribution < -0.4 is 10.1 Å². The minimum Gasteiger partial charge on any atom is -0.497 e. The molecule has 196 valence electrons. The van der Waals surface area contributed by atoms with Crippen LogP contribution in [-0.2, 0) is 16.1 Å². The van der Waals surface area contributed by atoms with Crippen LogP contribution in [0.25, 0.3) is 0 Å². The number of benzene rings is 3. The van der Waals surface area contributed by atoms with Crippen molar-refractivity contribution in [1.82, 2.24) is 19.4 Å². The number of nitrogens with zero attached hydrogens (tertiary/aromatic N) is 4. The Labute approximate surface area is 228 Å². The summed E-state index contributed by atoms with van der Waals surface area (Å²) in [6.07, 6.45) is 0. The van der Waals surface area contributed by atoms with Gasteiger partial charge in [0.1, 0.15) is 18.0 Å². The smallest absolute Gasteiger partial charge is 0.262 e. The second kappa shape index (κ2) is 11.2. The molecule has 1 aliphatic heterocycles. The Morgan fingerprint density at radius 3 is 2.18 bits per heavy atom. The number of rotatable bonds is 9. The number of imide groups is 1. The van der Waals surface area contributed by atoms with Gasteiger partial charge in [-0.3, -0.25) is 24.1 Å². The summed E-state index contributed by atoms with van der Waals surface area (Å²) in [7, 11) is 1.54. The molecule has 2 heterocycles. The van der Waals surface area contributed by atoms with E-state index >= 15 is 0 Å². The first-order valence-corrected chi connectivity index (χ1v) is 12.8. The molecule has 0 radical (unpaired) electrons. The molecule has 10 nitrogen and oxygen atoms in total. The van der Waals surface area contributed by atoms with Gasteiger partial charge in [0.05, 0.1) is 18.2 Å². The van der Waals surface area contributed by atoms with Gasteiger partial charge in [-0.1, -0.05) is 47.0 Å². The molecule has 1 aliphatic rings. The standard InChI is InChI=1S/C28H23N5O5S/c1-38-20-13-11-19(12-14-20)29-26(35)25(23-17-39-31-30-23)32(15-18-7-3-2-4-8-18)24(34)16-33-27(36)21-9-5-6-10-22(21)28(33)37/h2-14,17,25H,15-16H2,1H3,(H,29,35). The maximum Gasteiger partial charge on any atom is 0.262 e. The molecule has 3 aromatic carbocycles. The molecule has 1 atom stereocenters. The summed E-state index contributed by atoms with van der Waals surface area (Å²) >= 11 is 1.04. The number of aromatic nitrogens is 2. The van der Waals surface area contributed by atoms with Crippen molar-refractivity contribution in [2.45, 2.75) is 12.6 Å². The third kappa shape index (κ3) is 5.39. The van der Waals surface area contributed by atoms with Crippen LogP contribution in [0.1, 0.15) is 38.0 Å². The van der Waals surface area contributed by atoms with Gasteiger partial charge >= 0.3 is 0 Å². The number of methoxy groups -OCH3 is 1. The van der Waals surface area contributed by atoms with Crippen molar-refractivity contribution >= 4 is 40.8 Å². The monoisotopic (exact) mass is 541 g/mol. The Balaban J connectivity index is 1.47. The zero-order chi connectivity index (χ0) is 27.4. The van der Waals surface area contributed by atoms with Gasteiger partial charge in [0.25, 0.3) is 17.7 Å². The summed E-state index contributed by atoms with van der Waals surface area (Å²) in [5.41, 5.74) is 1.97. The highest BCUT2D eigenvalue weighted by molar-refractivity contribution is 7.03. The highest BCUT2D eigenvalue weighted by Crippen LogP contribution is 2.27. The number of carbonyl (C=O) groups is 4. The molecule has 0 bridgehead atoms. The fraction of sp³-hybridized carbons (Fsp3) is 0.143. The van der Waals surface area contributed by atoms with Crippen molar-refractivity contribution in [3.63, 3.8) is 0 Å². The van der Waals surface area contributed by atoms with Crippen LogP contribution in [0.3, 0.4) is 0 Å². The van der Waals surface area contributed by atoms with Crippen molar-refractivity contribution in [3.8, 4) is 5.75 Å². The van der Waals surface area contributed by atoms with Crippen LogP contribution in [0.2, 0.25) is 0 Å². The predicted molar refractivity (Wildman–Crippen MR) is 143 cm³/mol. The Morgan fingerprint density at radius 2 is 1.59 bits per heavy atom. The Kier molecular flexibility index (Phi) is 7.41. The molecule has 11 heteroatoms. The van der Waals surface area contributed by atoms with Gasteiger partial charge in [-0.05, 0) is 53.5 Å². The molecule has 0 aliphatic carbocycles. The molecule has 0 saturated carbocycles. The van der Waals surface area contributed by atoms with E-state index in [1.807, 2.05) is 30.3 Å². The third-order valence-electron chi connectivity index (χ3n) is 6.26. The molecule has 5 rings (SSSR count). The topological polar surface area (TPSA) is 122 Å². The first-order chi connectivity index (χ1) is 19.0. The third-order valence-corrected chi connectivity index (χ3v) is 6.79. The van der Waals surface area contributed by atoms with E-state index in [4.69, 9.17) is 4.74 Å². The van der Waals surface area contributed by atoms with Crippen LogP contribution in [0.15, 0.2) is 84.2 Å². The number of anilines is 1. The second-order valence-corrected chi connectivity index (χ2v) is 9.31. The summed E-state index contributed by atoms with van der Waals surface area (Å²) < 4.78 is 9.08. The van der Waals surface area contributed by atoms with Gasteiger partial charge in [-0.2, -0.15) is 0 Å². The number of hydrogen-bond donors (Lipinski definition) is 1. The van der Waals surface area contributed by atoms with Gasteiger partial charge in [0, 0.05) is 17.6 Å². The molecule has 0 spiro atoms. The van der Waals surface area contributed by atoms with Gasteiger partial charge in [-0.25, -0.2) is 0 Å². The van der Waals surface area contributed by atoms with Gasteiger partial charge in [-0.15, -0.1) is 5.10 Å². The van der Waals surface area contributed by atoms with Crippen molar-refractivity contribution in [1.29, 1.82) is 0 Å². The summed E-state index contributed by atoms with van der Waals surface area (Å²) in [6.45, 7) is -0.510. The summed E-state index contributed by atoms with van der Waals surface area (Å²) in [6, 6.07) is 21.1. The van der Waals surface area contributed by atoms with Crippen LogP contribution in [-0.4, -0.2) is 56.7 Å². The molecular weight excluding hydrogens is 518 g/mol. The normalized spacial score (nSPS) is 13.1. The zero-order valence-electron chi connectivity index (χ0n) is 20.8. The summed E-state index contributed by atoms with van der Waals surface area (Å²) in [5, 5.41) is 8.51. The number of carbonyl (C=O) groups excluding carboxylic acids is 4. The average molecular weight is 542 g/mol. The molecule has 1 N–H and O–H groups in total. The van der Waals surface area contributed by atoms with Crippen LogP contribution in [0, 0.1) is 0 Å². The number of hydrogen-bond acceptors (Lipinski definition) is 8. The average Bonchev–Trinajstić information content (AvgIpc) is 3.57. The lowest BCUT2D eigenvalue weighted by Gasteiger charge is -2.31. The quantitative estimate of drug-likeness (QED) is 0.322. The predicted octanol–water partition coefficient (Wildman–Crippen LogP) is 3.55. The minimum absolute atomic E-state index is 0.0288. The second-order valence-electron chi connectivity index (χ2n) is 8.70. The van der Waals surface area contributed by atoms with E-state index in [9.17, 15) is 19.2 Å². The van der Waals surface area contributed by atoms with E-state index in [-0.39, 0.29) is 23.4 Å². The van der Waals surface area contributed by atoms with Gasteiger partial charge in [0.2, 0.25) is 5.91 Å². The van der Waals surface area contributed by atoms with E-state index in [0.29, 0.717) is 11.4 Å². The number of amides is 4. The van der Waals surface area contributed by atoms with Crippen molar-refractivity contribution in [2.24, 2.45) is 0 Å². The molecule has 4 aromatic rings. The first-order valence-electron chi connectivity index (χ1n) is 12.0. The van der Waals surface area contributed by atoms with Gasteiger partial charge < -0.3 is 15.0 Å². The van der Waals surface area contributed by atoms with E-state index in [0.717, 1.165) is 22.0 Å². The van der Waals surface area contributed by atoms with E-state index < -0.39 is 36.2 Å². The Bertz CT molecular complexity index is 1470. The fourth-order valence-corrected chi connectivity index (χ4v) is 4.80. The maximum atomic E-state index is 13.9. The lowest BCUT2D eigenvalue weighted by atomic mass is 10.1. The number of fused-ring (bicyclic) bond motifs is 1. The van der Waals surface area contributed by atoms with E-state index in [2.05, 4.69) is 14.9 Å². The van der Waals surface area contributed by atoms with Crippen molar-refractivity contribution in [2.75, 3.05) is 19.0 Å². The molecule has 1 aromatic heterocycles. The lowest BCUT2D eigenvalue weighted by molar-refractivity contribution is -0.140. The van der Waals surface area contributed by atoms with Gasteiger partial charge in [0.15, 0.2) is 6.04 Å². The molecule has 0 fully saturated rings.